The first-order valence-electron chi connectivity index (χ1n) is 18.4. The number of pyridine rings is 2. The number of hydrogen-bond acceptors (Lipinski definition) is 10. The lowest BCUT2D eigenvalue weighted by molar-refractivity contribution is -0.131. The zero-order chi connectivity index (χ0) is 42.3. The van der Waals surface area contributed by atoms with Crippen molar-refractivity contribution in [2.75, 3.05) is 75.5 Å². The number of aromatic nitrogens is 2. The molecule has 0 radical (unpaired) electrons. The van der Waals surface area contributed by atoms with Crippen LogP contribution in [0.4, 0.5) is 29.7 Å². The Bertz CT molecular complexity index is 2040. The zero-order valence-electron chi connectivity index (χ0n) is 31.8. The number of nitrogens with zero attached hydrogens (tertiary/aromatic N) is 6. The molecule has 0 bridgehead atoms. The van der Waals surface area contributed by atoms with E-state index in [1.807, 2.05) is 5.32 Å². The van der Waals surface area contributed by atoms with Crippen molar-refractivity contribution in [2.24, 2.45) is 5.73 Å². The number of alkyl halides is 2. The Morgan fingerprint density at radius 2 is 1.07 bits per heavy atom. The van der Waals surface area contributed by atoms with E-state index in [2.05, 4.69) is 9.97 Å². The van der Waals surface area contributed by atoms with E-state index in [1.165, 1.54) is 18.5 Å². The van der Waals surface area contributed by atoms with Crippen LogP contribution in [0.25, 0.3) is 0 Å². The van der Waals surface area contributed by atoms with Crippen LogP contribution in [0.3, 0.4) is 0 Å². The van der Waals surface area contributed by atoms with Gasteiger partial charge in [-0.15, -0.1) is 0 Å². The number of halogens is 4. The molecule has 0 aliphatic carbocycles. The molecule has 0 saturated carbocycles. The van der Waals surface area contributed by atoms with E-state index in [1.54, 1.807) is 86.3 Å². The molecular formula is C40H42Cl2F2N8O7. The summed E-state index contributed by atoms with van der Waals surface area (Å²) < 4.78 is 35.1. The molecule has 3 N–H and O–H groups in total. The predicted octanol–water partition coefficient (Wildman–Crippen LogP) is 5.09. The molecule has 2 aromatic heterocycles. The number of amides is 5. The summed E-state index contributed by atoms with van der Waals surface area (Å²) in [5.74, 6) is -2.24. The Hall–Kier alpha value is -5.59. The average molecular weight is 856 g/mol. The fraction of sp³-hybridized carbons (Fsp3) is 0.325. The Kier molecular flexibility index (Phi) is 16.6. The van der Waals surface area contributed by atoms with E-state index in [4.69, 9.17) is 38.4 Å². The molecular weight excluding hydrogens is 813 g/mol. The highest BCUT2D eigenvalue weighted by Crippen LogP contribution is 2.24. The van der Waals surface area contributed by atoms with Gasteiger partial charge in [0.1, 0.15) is 0 Å². The summed E-state index contributed by atoms with van der Waals surface area (Å²) in [7, 11) is 0. The highest BCUT2D eigenvalue weighted by molar-refractivity contribution is 6.31. The second-order valence-electron chi connectivity index (χ2n) is 13.0. The van der Waals surface area contributed by atoms with Gasteiger partial charge in [0, 0.05) is 71.1 Å². The van der Waals surface area contributed by atoms with Crippen LogP contribution in [0, 0.1) is 0 Å². The van der Waals surface area contributed by atoms with Crippen molar-refractivity contribution in [1.82, 2.24) is 25.1 Å². The van der Waals surface area contributed by atoms with E-state index in [0.29, 0.717) is 85.3 Å². The van der Waals surface area contributed by atoms with Crippen LogP contribution in [0.2, 0.25) is 10.0 Å². The first-order valence-corrected chi connectivity index (χ1v) is 19.2. The van der Waals surface area contributed by atoms with Gasteiger partial charge >= 0.3 is 18.5 Å². The van der Waals surface area contributed by atoms with Crippen molar-refractivity contribution < 1.29 is 42.2 Å². The van der Waals surface area contributed by atoms with Crippen molar-refractivity contribution in [2.45, 2.75) is 19.5 Å². The van der Waals surface area contributed by atoms with Gasteiger partial charge in [-0.25, -0.2) is 9.59 Å². The lowest BCUT2D eigenvalue weighted by Crippen LogP contribution is -2.48. The molecule has 312 valence electrons. The van der Waals surface area contributed by atoms with Gasteiger partial charge < -0.3 is 30.3 Å². The van der Waals surface area contributed by atoms with E-state index >= 15 is 0 Å². The van der Waals surface area contributed by atoms with Crippen LogP contribution in [-0.4, -0.2) is 121 Å². The number of nitrogens with two attached hydrogens (primary N) is 1. The molecule has 6 rings (SSSR count). The third kappa shape index (κ3) is 13.0. The predicted molar refractivity (Wildman–Crippen MR) is 216 cm³/mol. The first-order chi connectivity index (χ1) is 28.4. The molecule has 2 saturated heterocycles. The molecule has 2 aromatic carbocycles. The maximum atomic E-state index is 13.1. The number of benzene rings is 2. The largest absolute Gasteiger partial charge is 0.378 e. The van der Waals surface area contributed by atoms with Gasteiger partial charge in [0.15, 0.2) is 11.6 Å². The number of morpholine rings is 2. The van der Waals surface area contributed by atoms with Crippen LogP contribution in [0.5, 0.6) is 0 Å². The van der Waals surface area contributed by atoms with Gasteiger partial charge in [0.25, 0.3) is 5.91 Å². The molecule has 15 nitrogen and oxygen atoms in total. The van der Waals surface area contributed by atoms with E-state index in [0.717, 1.165) is 5.69 Å². The number of nitrogens with one attached hydrogen (secondary N) is 1. The second-order valence-corrected chi connectivity index (χ2v) is 13.9. The summed E-state index contributed by atoms with van der Waals surface area (Å²) in [5, 5.41) is 2.99. The molecule has 0 atom stereocenters. The smallest absolute Gasteiger partial charge is 0.325 e. The first kappa shape index (κ1) is 44.5. The quantitative estimate of drug-likeness (QED) is 0.182. The lowest BCUT2D eigenvalue weighted by atomic mass is 10.1. The number of hydrogen-bond donors (Lipinski definition) is 2. The fourth-order valence-corrected chi connectivity index (χ4v) is 6.04. The molecule has 4 heterocycles. The fourth-order valence-electron chi connectivity index (χ4n) is 5.79. The number of carbonyl (C=O) groups excluding carboxylic acids is 5. The summed E-state index contributed by atoms with van der Waals surface area (Å²) >= 11 is 12.0. The van der Waals surface area contributed by atoms with Gasteiger partial charge in [0.05, 0.1) is 64.0 Å². The summed E-state index contributed by atoms with van der Waals surface area (Å²) in [4.78, 5) is 76.1. The SMILES string of the molecule is NCC(=O)c1ccc(CN(C(=O)N2CCOCC2)c2ccc(Cl)cc2)nc1.O=C(CNC(=O)C(F)F)c1ccc(CN(C(=O)N2CCOCC2)c2ccc(Cl)cc2)nc1. The Morgan fingerprint density at radius 3 is 1.42 bits per heavy atom. The highest BCUT2D eigenvalue weighted by atomic mass is 35.5. The van der Waals surface area contributed by atoms with Crippen molar-refractivity contribution in [1.29, 1.82) is 0 Å². The molecule has 2 fully saturated rings. The standard InChI is InChI=1S/C21H21ClF2N4O4.C19H21ClN4O3/c22-15-2-5-17(6-3-15)28(21(31)27-7-9-32-10-8-27)13-16-4-1-14(11-25-16)18(29)12-26-20(30)19(23)24;20-15-2-5-17(6-3-15)24(19(26)23-7-9-27-10-8-23)13-16-4-1-14(12-22-16)18(25)11-21/h1-6,11,19H,7-10,12-13H2,(H,26,30);1-6,12H,7-11,13,21H2. The third-order valence-corrected chi connectivity index (χ3v) is 9.55. The number of anilines is 2. The monoisotopic (exact) mass is 854 g/mol. The average Bonchev–Trinajstić information content (AvgIpc) is 3.27. The van der Waals surface area contributed by atoms with Crippen LogP contribution < -0.4 is 20.9 Å². The minimum atomic E-state index is -3.19. The lowest BCUT2D eigenvalue weighted by Gasteiger charge is -2.33. The maximum Gasteiger partial charge on any atom is 0.325 e. The molecule has 0 unspecified atom stereocenters. The highest BCUT2D eigenvalue weighted by Gasteiger charge is 2.27. The summed E-state index contributed by atoms with van der Waals surface area (Å²) in [6.45, 7) is 3.76. The maximum absolute atomic E-state index is 13.1. The normalized spacial score (nSPS) is 13.9. The number of ether oxygens (including phenoxy) is 2. The van der Waals surface area contributed by atoms with Crippen molar-refractivity contribution in [3.05, 3.63) is 118 Å². The number of carbonyl (C=O) groups is 5. The second kappa shape index (κ2) is 22.0. The topological polar surface area (TPSA) is 181 Å². The Morgan fingerprint density at radius 1 is 0.661 bits per heavy atom. The van der Waals surface area contributed by atoms with E-state index in [-0.39, 0.29) is 43.0 Å². The third-order valence-electron chi connectivity index (χ3n) is 9.04. The van der Waals surface area contributed by atoms with Crippen LogP contribution in [0.1, 0.15) is 32.1 Å². The van der Waals surface area contributed by atoms with Crippen molar-refractivity contribution in [3.63, 3.8) is 0 Å². The Labute approximate surface area is 349 Å². The number of Topliss-reactive ketones (excluding diaryl/α,β-unsaturated/α-hetero) is 2. The molecule has 2 aliphatic heterocycles. The molecule has 5 amide bonds. The summed E-state index contributed by atoms with van der Waals surface area (Å²) in [5.41, 5.74) is 8.51. The number of ketones is 2. The molecule has 0 spiro atoms. The molecule has 2 aliphatic rings. The Balaban J connectivity index is 0.000000227. The van der Waals surface area contributed by atoms with E-state index in [9.17, 15) is 32.8 Å². The molecule has 59 heavy (non-hydrogen) atoms. The molecule has 4 aromatic rings. The molecule has 19 heteroatoms. The minimum absolute atomic E-state index is 0.0621. The van der Waals surface area contributed by atoms with Gasteiger partial charge in [-0.2, -0.15) is 8.78 Å². The van der Waals surface area contributed by atoms with Crippen LogP contribution in [0.15, 0.2) is 85.2 Å². The summed E-state index contributed by atoms with van der Waals surface area (Å²) in [6.07, 6.45) is -0.416. The van der Waals surface area contributed by atoms with Crippen molar-refractivity contribution >= 4 is 64.1 Å². The summed E-state index contributed by atoms with van der Waals surface area (Å²) in [6, 6.07) is 20.0. The van der Waals surface area contributed by atoms with Crippen LogP contribution in [-0.2, 0) is 27.4 Å². The minimum Gasteiger partial charge on any atom is -0.378 e. The van der Waals surface area contributed by atoms with E-state index < -0.39 is 24.7 Å². The van der Waals surface area contributed by atoms with Gasteiger partial charge in [-0.05, 0) is 72.8 Å². The van der Waals surface area contributed by atoms with Gasteiger partial charge in [-0.3, -0.25) is 34.2 Å². The number of rotatable bonds is 12. The van der Waals surface area contributed by atoms with Crippen LogP contribution >= 0.6 is 23.2 Å². The zero-order valence-corrected chi connectivity index (χ0v) is 33.3. The van der Waals surface area contributed by atoms with Crippen molar-refractivity contribution in [3.8, 4) is 0 Å². The van der Waals surface area contributed by atoms with Gasteiger partial charge in [-0.1, -0.05) is 23.2 Å². The van der Waals surface area contributed by atoms with Gasteiger partial charge in [0.2, 0.25) is 0 Å². The number of urea groups is 2.